The zero-order valence-electron chi connectivity index (χ0n) is 18.7. The predicted molar refractivity (Wildman–Crippen MR) is 127 cm³/mol. The summed E-state index contributed by atoms with van der Waals surface area (Å²) in [6, 6.07) is 19.8. The van der Waals surface area contributed by atoms with Gasteiger partial charge in [-0.2, -0.15) is 0 Å². The average molecular weight is 467 g/mol. The molecular formula is C26H27FN2O3S. The molecule has 33 heavy (non-hydrogen) atoms. The van der Waals surface area contributed by atoms with Crippen LogP contribution in [0.25, 0.3) is 0 Å². The molecule has 0 fully saturated rings. The third-order valence-electron chi connectivity index (χ3n) is 5.95. The van der Waals surface area contributed by atoms with Gasteiger partial charge < -0.3 is 5.32 Å². The molecule has 1 aliphatic rings. The van der Waals surface area contributed by atoms with E-state index in [4.69, 9.17) is 0 Å². The summed E-state index contributed by atoms with van der Waals surface area (Å²) in [5.74, 6) is -0.664. The van der Waals surface area contributed by atoms with Crippen LogP contribution >= 0.6 is 0 Å². The highest BCUT2D eigenvalue weighted by molar-refractivity contribution is 7.92. The van der Waals surface area contributed by atoms with Crippen LogP contribution in [0.2, 0.25) is 0 Å². The van der Waals surface area contributed by atoms with E-state index in [-0.39, 0.29) is 22.9 Å². The molecule has 172 valence electrons. The number of nitrogens with one attached hydrogen (secondary N) is 1. The maximum atomic E-state index is 13.3. The Balaban J connectivity index is 1.48. The van der Waals surface area contributed by atoms with Crippen molar-refractivity contribution in [3.8, 4) is 0 Å². The Labute approximate surface area is 194 Å². The van der Waals surface area contributed by atoms with E-state index < -0.39 is 15.8 Å². The van der Waals surface area contributed by atoms with Gasteiger partial charge in [-0.15, -0.1) is 0 Å². The van der Waals surface area contributed by atoms with Crippen molar-refractivity contribution >= 4 is 21.6 Å². The van der Waals surface area contributed by atoms with Crippen molar-refractivity contribution < 1.29 is 17.6 Å². The highest BCUT2D eigenvalue weighted by Crippen LogP contribution is 2.37. The molecule has 0 bridgehead atoms. The highest BCUT2D eigenvalue weighted by Gasteiger charge is 2.36. The summed E-state index contributed by atoms with van der Waals surface area (Å²) < 4.78 is 41.0. The molecule has 0 spiro atoms. The number of hydrogen-bond acceptors (Lipinski definition) is 3. The maximum absolute atomic E-state index is 13.3. The van der Waals surface area contributed by atoms with Crippen molar-refractivity contribution in [3.63, 3.8) is 0 Å². The first-order chi connectivity index (χ1) is 15.8. The number of halogens is 1. The zero-order chi connectivity index (χ0) is 23.6. The molecule has 1 aliphatic heterocycles. The van der Waals surface area contributed by atoms with E-state index in [1.54, 1.807) is 18.2 Å². The Kier molecular flexibility index (Phi) is 6.51. The first kappa shape index (κ1) is 23.0. The topological polar surface area (TPSA) is 66.5 Å². The van der Waals surface area contributed by atoms with E-state index in [2.05, 4.69) is 17.4 Å². The Morgan fingerprint density at radius 2 is 1.79 bits per heavy atom. The summed E-state index contributed by atoms with van der Waals surface area (Å²) in [7, 11) is -3.84. The quantitative estimate of drug-likeness (QED) is 0.548. The number of benzene rings is 3. The van der Waals surface area contributed by atoms with E-state index in [1.165, 1.54) is 22.0 Å². The number of sulfonamides is 1. The number of nitrogens with zero attached hydrogens (tertiary/aromatic N) is 1. The maximum Gasteiger partial charge on any atom is 0.264 e. The van der Waals surface area contributed by atoms with Crippen LogP contribution in [0, 0.1) is 5.82 Å². The lowest BCUT2D eigenvalue weighted by atomic mass is 10.0. The fraction of sp³-hybridized carbons (Fsp3) is 0.269. The minimum atomic E-state index is -3.84. The molecule has 3 aromatic carbocycles. The smallest absolute Gasteiger partial charge is 0.264 e. The van der Waals surface area contributed by atoms with Crippen molar-refractivity contribution in [2.24, 2.45) is 0 Å². The summed E-state index contributed by atoms with van der Waals surface area (Å²) in [5, 5.41) is 3.04. The van der Waals surface area contributed by atoms with Gasteiger partial charge in [0.25, 0.3) is 15.9 Å². The molecule has 2 atom stereocenters. The van der Waals surface area contributed by atoms with Crippen LogP contribution < -0.4 is 9.62 Å². The zero-order valence-corrected chi connectivity index (χ0v) is 19.5. The Morgan fingerprint density at radius 3 is 2.48 bits per heavy atom. The molecule has 3 aromatic rings. The molecule has 1 amide bonds. The van der Waals surface area contributed by atoms with Gasteiger partial charge in [0, 0.05) is 17.6 Å². The highest BCUT2D eigenvalue weighted by atomic mass is 32.2. The Morgan fingerprint density at radius 1 is 1.09 bits per heavy atom. The molecule has 5 nitrogen and oxygen atoms in total. The number of hydrogen-bond donors (Lipinski definition) is 1. The monoisotopic (exact) mass is 466 g/mol. The third kappa shape index (κ3) is 4.93. The number of fused-ring (bicyclic) bond motifs is 1. The number of aryl methyl sites for hydroxylation is 1. The van der Waals surface area contributed by atoms with Gasteiger partial charge in [-0.25, -0.2) is 12.8 Å². The lowest BCUT2D eigenvalue weighted by Crippen LogP contribution is -2.35. The number of rotatable bonds is 7. The lowest BCUT2D eigenvalue weighted by Gasteiger charge is -2.24. The van der Waals surface area contributed by atoms with Gasteiger partial charge in [-0.1, -0.05) is 30.3 Å². The van der Waals surface area contributed by atoms with Crippen LogP contribution in [-0.2, 0) is 22.9 Å². The summed E-state index contributed by atoms with van der Waals surface area (Å²) >= 11 is 0. The minimum Gasteiger partial charge on any atom is -0.350 e. The van der Waals surface area contributed by atoms with Crippen LogP contribution in [0.3, 0.4) is 0 Å². The molecule has 4 rings (SSSR count). The molecular weight excluding hydrogens is 439 g/mol. The van der Waals surface area contributed by atoms with Gasteiger partial charge in [0.15, 0.2) is 0 Å². The van der Waals surface area contributed by atoms with Gasteiger partial charge in [0.05, 0.1) is 10.6 Å². The Bertz CT molecular complexity index is 1240. The van der Waals surface area contributed by atoms with Crippen molar-refractivity contribution in [1.82, 2.24) is 5.32 Å². The molecule has 1 heterocycles. The van der Waals surface area contributed by atoms with Crippen molar-refractivity contribution in [2.75, 3.05) is 4.31 Å². The molecule has 1 N–H and O–H groups in total. The first-order valence-corrected chi connectivity index (χ1v) is 12.5. The molecule has 0 unspecified atom stereocenters. The number of carbonyl (C=O) groups excluding carboxylic acids is 1. The molecule has 0 aromatic heterocycles. The number of anilines is 1. The molecule has 0 radical (unpaired) electrons. The normalized spacial score (nSPS) is 16.3. The predicted octanol–water partition coefficient (Wildman–Crippen LogP) is 4.72. The fourth-order valence-electron chi connectivity index (χ4n) is 4.24. The first-order valence-electron chi connectivity index (χ1n) is 11.0. The number of amides is 1. The average Bonchev–Trinajstić information content (AvgIpc) is 3.14. The summed E-state index contributed by atoms with van der Waals surface area (Å²) in [6.45, 7) is 3.81. The minimum absolute atomic E-state index is 0.000219. The molecule has 0 saturated carbocycles. The molecule has 0 saturated heterocycles. The van der Waals surface area contributed by atoms with E-state index in [1.807, 2.05) is 32.0 Å². The fourth-order valence-corrected chi connectivity index (χ4v) is 5.93. The van der Waals surface area contributed by atoms with Crippen LogP contribution in [0.1, 0.15) is 41.8 Å². The SMILES string of the molecule is C[C@@H](CCc1ccccc1)NC(=O)c1ccc2c(c1)C[C@H](C)N2S(=O)(=O)c1ccc(F)cc1. The summed E-state index contributed by atoms with van der Waals surface area (Å²) in [4.78, 5) is 12.8. The van der Waals surface area contributed by atoms with Gasteiger partial charge in [-0.05, 0) is 86.7 Å². The largest absolute Gasteiger partial charge is 0.350 e. The Hall–Kier alpha value is -3.19. The van der Waals surface area contributed by atoms with Crippen molar-refractivity contribution in [2.45, 2.75) is 50.1 Å². The number of carbonyl (C=O) groups is 1. The van der Waals surface area contributed by atoms with Crippen LogP contribution in [0.15, 0.2) is 77.7 Å². The standard InChI is InChI=1S/C26H27FN2O3S/c1-18(8-9-20-6-4-3-5-7-20)28-26(30)21-10-15-25-22(17-21)16-19(2)29(25)33(31,32)24-13-11-23(27)12-14-24/h3-7,10-15,17-19H,8-9,16H2,1-2H3,(H,28,30)/t18-,19-/m0/s1. The summed E-state index contributed by atoms with van der Waals surface area (Å²) in [6.07, 6.45) is 2.20. The van der Waals surface area contributed by atoms with E-state index >= 15 is 0 Å². The van der Waals surface area contributed by atoms with E-state index in [0.29, 0.717) is 17.7 Å². The van der Waals surface area contributed by atoms with E-state index in [9.17, 15) is 17.6 Å². The lowest BCUT2D eigenvalue weighted by molar-refractivity contribution is 0.0938. The second kappa shape index (κ2) is 9.35. The van der Waals surface area contributed by atoms with E-state index in [0.717, 1.165) is 30.5 Å². The van der Waals surface area contributed by atoms with Crippen LogP contribution in [0.4, 0.5) is 10.1 Å². The van der Waals surface area contributed by atoms with Gasteiger partial charge >= 0.3 is 0 Å². The van der Waals surface area contributed by atoms with Crippen LogP contribution in [0.5, 0.6) is 0 Å². The second-order valence-electron chi connectivity index (χ2n) is 8.55. The van der Waals surface area contributed by atoms with Crippen LogP contribution in [-0.4, -0.2) is 26.4 Å². The van der Waals surface area contributed by atoms with Gasteiger partial charge in [0.2, 0.25) is 0 Å². The molecule has 7 heteroatoms. The van der Waals surface area contributed by atoms with Gasteiger partial charge in [0.1, 0.15) is 5.82 Å². The second-order valence-corrected chi connectivity index (χ2v) is 10.4. The summed E-state index contributed by atoms with van der Waals surface area (Å²) in [5.41, 5.74) is 3.10. The van der Waals surface area contributed by atoms with Crippen molar-refractivity contribution in [1.29, 1.82) is 0 Å². The van der Waals surface area contributed by atoms with Crippen molar-refractivity contribution in [3.05, 3.63) is 95.3 Å². The molecule has 0 aliphatic carbocycles. The third-order valence-corrected chi connectivity index (χ3v) is 7.89. The van der Waals surface area contributed by atoms with Gasteiger partial charge in [-0.3, -0.25) is 9.10 Å².